The Hall–Kier alpha value is -2.40. The molecule has 0 aliphatic carbocycles. The van der Waals surface area contributed by atoms with Crippen molar-refractivity contribution in [1.29, 1.82) is 0 Å². The van der Waals surface area contributed by atoms with E-state index >= 15 is 0 Å². The second-order valence-corrected chi connectivity index (χ2v) is 5.27. The van der Waals surface area contributed by atoms with Gasteiger partial charge in [-0.15, -0.1) is 0 Å². The zero-order valence-corrected chi connectivity index (χ0v) is 12.4. The molecule has 0 saturated carbocycles. The van der Waals surface area contributed by atoms with Gasteiger partial charge in [-0.05, 0) is 26.2 Å². The lowest BCUT2D eigenvalue weighted by molar-refractivity contribution is 0.384. The summed E-state index contributed by atoms with van der Waals surface area (Å²) >= 11 is 0. The van der Waals surface area contributed by atoms with E-state index in [4.69, 9.17) is 4.74 Å². The molecule has 0 unspecified atom stereocenters. The molecule has 2 aromatic heterocycles. The molecule has 108 valence electrons. The summed E-state index contributed by atoms with van der Waals surface area (Å²) in [5.41, 5.74) is 1.06. The number of nitrogens with zero attached hydrogens (tertiary/aromatic N) is 4. The van der Waals surface area contributed by atoms with E-state index in [1.807, 2.05) is 48.9 Å². The van der Waals surface area contributed by atoms with Crippen LogP contribution in [0.4, 0.5) is 0 Å². The molecular weight excluding hydrogens is 264 g/mol. The van der Waals surface area contributed by atoms with Crippen LogP contribution in [0.5, 0.6) is 11.6 Å². The van der Waals surface area contributed by atoms with E-state index in [9.17, 15) is 0 Å². The highest BCUT2D eigenvalue weighted by molar-refractivity contribution is 5.86. The average molecular weight is 282 g/mol. The molecule has 3 rings (SSSR count). The topological polar surface area (TPSA) is 43.2 Å². The fourth-order valence-corrected chi connectivity index (χ4v) is 2.31. The van der Waals surface area contributed by atoms with Gasteiger partial charge in [-0.3, -0.25) is 0 Å². The smallest absolute Gasteiger partial charge is 0.222 e. The minimum atomic E-state index is 0.565. The van der Waals surface area contributed by atoms with Crippen LogP contribution in [0.1, 0.15) is 5.82 Å². The van der Waals surface area contributed by atoms with Crippen LogP contribution < -0.4 is 4.74 Å². The molecule has 0 N–H and O–H groups in total. The summed E-state index contributed by atoms with van der Waals surface area (Å²) in [4.78, 5) is 10.7. The number of para-hydroxylation sites is 1. The molecule has 2 heterocycles. The average Bonchev–Trinajstić information content (AvgIpc) is 2.81. The largest absolute Gasteiger partial charge is 0.437 e. The highest BCUT2D eigenvalue weighted by atomic mass is 16.5. The van der Waals surface area contributed by atoms with E-state index in [1.54, 1.807) is 12.3 Å². The molecule has 0 atom stereocenters. The van der Waals surface area contributed by atoms with E-state index < -0.39 is 0 Å². The van der Waals surface area contributed by atoms with Gasteiger partial charge in [-0.2, -0.15) is 4.98 Å². The summed E-state index contributed by atoms with van der Waals surface area (Å²) in [5.74, 6) is 2.11. The van der Waals surface area contributed by atoms with Crippen molar-refractivity contribution < 1.29 is 4.74 Å². The van der Waals surface area contributed by atoms with Crippen molar-refractivity contribution in [2.45, 2.75) is 6.54 Å². The first-order valence-electron chi connectivity index (χ1n) is 6.82. The third-order valence-corrected chi connectivity index (χ3v) is 3.21. The quantitative estimate of drug-likeness (QED) is 0.738. The summed E-state index contributed by atoms with van der Waals surface area (Å²) < 4.78 is 8.01. The Morgan fingerprint density at radius 3 is 2.86 bits per heavy atom. The molecule has 3 aromatic rings. The second kappa shape index (κ2) is 5.54. The number of hydrogen-bond acceptors (Lipinski definition) is 4. The Kier molecular flexibility index (Phi) is 3.58. The highest BCUT2D eigenvalue weighted by Crippen LogP contribution is 2.29. The highest BCUT2D eigenvalue weighted by Gasteiger charge is 2.08. The van der Waals surface area contributed by atoms with Crippen molar-refractivity contribution in [1.82, 2.24) is 19.4 Å². The Balaban J connectivity index is 1.93. The van der Waals surface area contributed by atoms with Crippen molar-refractivity contribution in [3.8, 4) is 11.6 Å². The van der Waals surface area contributed by atoms with Crippen LogP contribution in [0.3, 0.4) is 0 Å². The number of ether oxygens (including phenoxy) is 1. The van der Waals surface area contributed by atoms with E-state index in [-0.39, 0.29) is 0 Å². The second-order valence-electron chi connectivity index (χ2n) is 5.27. The molecule has 21 heavy (non-hydrogen) atoms. The van der Waals surface area contributed by atoms with Crippen molar-refractivity contribution in [3.63, 3.8) is 0 Å². The molecular formula is C16H18N4O. The van der Waals surface area contributed by atoms with Crippen molar-refractivity contribution in [2.24, 2.45) is 7.05 Å². The van der Waals surface area contributed by atoms with E-state index in [1.165, 1.54) is 0 Å². The van der Waals surface area contributed by atoms with Gasteiger partial charge in [0.25, 0.3) is 0 Å². The van der Waals surface area contributed by atoms with E-state index in [0.717, 1.165) is 22.5 Å². The number of aryl methyl sites for hydroxylation is 1. The number of benzene rings is 1. The van der Waals surface area contributed by atoms with Gasteiger partial charge in [0, 0.05) is 30.9 Å². The zero-order valence-electron chi connectivity index (χ0n) is 12.4. The van der Waals surface area contributed by atoms with Crippen LogP contribution in [0.25, 0.3) is 10.9 Å². The van der Waals surface area contributed by atoms with Crippen LogP contribution in [-0.2, 0) is 13.6 Å². The molecule has 1 aromatic carbocycles. The third-order valence-electron chi connectivity index (χ3n) is 3.21. The predicted molar refractivity (Wildman–Crippen MR) is 82.4 cm³/mol. The molecule has 5 heteroatoms. The van der Waals surface area contributed by atoms with Crippen LogP contribution in [-0.4, -0.2) is 33.5 Å². The van der Waals surface area contributed by atoms with Gasteiger partial charge in [0.1, 0.15) is 5.82 Å². The summed E-state index contributed by atoms with van der Waals surface area (Å²) in [6.07, 6.45) is 3.75. The maximum absolute atomic E-state index is 5.96. The first kappa shape index (κ1) is 13.6. The van der Waals surface area contributed by atoms with Crippen LogP contribution >= 0.6 is 0 Å². The van der Waals surface area contributed by atoms with Gasteiger partial charge < -0.3 is 14.2 Å². The van der Waals surface area contributed by atoms with Gasteiger partial charge in [0.15, 0.2) is 5.75 Å². The lowest BCUT2D eigenvalue weighted by atomic mass is 10.2. The third kappa shape index (κ3) is 2.87. The minimum absolute atomic E-state index is 0.565. The molecule has 0 radical (unpaired) electrons. The number of fused-ring (bicyclic) bond motifs is 1. The number of hydrogen-bond donors (Lipinski definition) is 0. The first-order valence-corrected chi connectivity index (χ1v) is 6.82. The Morgan fingerprint density at radius 2 is 2.05 bits per heavy atom. The number of rotatable bonds is 4. The van der Waals surface area contributed by atoms with Gasteiger partial charge in [-0.25, -0.2) is 4.98 Å². The van der Waals surface area contributed by atoms with Crippen LogP contribution in [0.2, 0.25) is 0 Å². The summed E-state index contributed by atoms with van der Waals surface area (Å²) in [6, 6.07) is 9.86. The van der Waals surface area contributed by atoms with Crippen molar-refractivity contribution in [3.05, 3.63) is 48.5 Å². The van der Waals surface area contributed by atoms with Gasteiger partial charge >= 0.3 is 0 Å². The molecule has 0 spiro atoms. The van der Waals surface area contributed by atoms with Gasteiger partial charge in [0.05, 0.1) is 12.1 Å². The monoisotopic (exact) mass is 282 g/mol. The maximum Gasteiger partial charge on any atom is 0.222 e. The summed E-state index contributed by atoms with van der Waals surface area (Å²) in [5, 5.41) is 1.15. The molecule has 5 nitrogen and oxygen atoms in total. The van der Waals surface area contributed by atoms with Crippen LogP contribution in [0.15, 0.2) is 42.7 Å². The van der Waals surface area contributed by atoms with Gasteiger partial charge in [-0.1, -0.05) is 12.1 Å². The Bertz CT molecular complexity index is 764. The van der Waals surface area contributed by atoms with Crippen molar-refractivity contribution >= 4 is 10.9 Å². The van der Waals surface area contributed by atoms with Gasteiger partial charge in [0.2, 0.25) is 5.88 Å². The van der Waals surface area contributed by atoms with E-state index in [2.05, 4.69) is 22.1 Å². The molecule has 0 aliphatic heterocycles. The Labute approximate surface area is 123 Å². The summed E-state index contributed by atoms with van der Waals surface area (Å²) in [6.45, 7) is 0.686. The Morgan fingerprint density at radius 1 is 1.19 bits per heavy atom. The zero-order chi connectivity index (χ0) is 14.8. The standard InChI is InChI=1S/C16H18N4O/c1-19(2)11-14-17-9-7-15(18-14)21-13-6-4-5-12-8-10-20(3)16(12)13/h4-10H,11H2,1-3H3. The normalized spacial score (nSPS) is 11.2. The molecule has 0 aliphatic rings. The van der Waals surface area contributed by atoms with E-state index in [0.29, 0.717) is 12.4 Å². The fourth-order valence-electron chi connectivity index (χ4n) is 2.31. The fraction of sp³-hybridized carbons (Fsp3) is 0.250. The SMILES string of the molecule is CN(C)Cc1nccc(Oc2cccc3ccn(C)c23)n1. The van der Waals surface area contributed by atoms with Crippen LogP contribution in [0, 0.1) is 0 Å². The first-order chi connectivity index (χ1) is 10.1. The lowest BCUT2D eigenvalue weighted by Crippen LogP contribution is -2.13. The molecule has 0 saturated heterocycles. The molecule has 0 fully saturated rings. The predicted octanol–water partition coefficient (Wildman–Crippen LogP) is 2.82. The number of aromatic nitrogens is 3. The summed E-state index contributed by atoms with van der Waals surface area (Å²) in [7, 11) is 5.98. The van der Waals surface area contributed by atoms with Crippen molar-refractivity contribution in [2.75, 3.05) is 14.1 Å². The maximum atomic E-state index is 5.96. The lowest BCUT2D eigenvalue weighted by Gasteiger charge is -2.10. The molecule has 0 amide bonds. The molecule has 0 bridgehead atoms. The minimum Gasteiger partial charge on any atom is -0.437 e.